The number of rotatable bonds is 2. The Bertz CT molecular complexity index is 510. The quantitative estimate of drug-likeness (QED) is 0.719. The van der Waals surface area contributed by atoms with Crippen LogP contribution >= 0.6 is 0 Å². The third-order valence-electron chi connectivity index (χ3n) is 2.62. The highest BCUT2D eigenvalue weighted by molar-refractivity contribution is 5.86. The maximum atomic E-state index is 12.8. The molecule has 0 saturated carbocycles. The molecule has 0 N–H and O–H groups in total. The Hall–Kier alpha value is -1.84. The number of aldehydes is 1. The lowest BCUT2D eigenvalue weighted by Crippen LogP contribution is -2.08. The van der Waals surface area contributed by atoms with Crippen molar-refractivity contribution in [1.82, 2.24) is 0 Å². The Morgan fingerprint density at radius 1 is 1.12 bits per heavy atom. The summed E-state index contributed by atoms with van der Waals surface area (Å²) >= 11 is 0. The Balaban J connectivity index is 2.39. The molecule has 0 aromatic heterocycles. The first-order chi connectivity index (χ1) is 8.02. The molecule has 0 fully saturated rings. The fourth-order valence-corrected chi connectivity index (χ4v) is 1.82. The predicted molar refractivity (Wildman–Crippen MR) is 58.2 cm³/mol. The number of carbonyl (C=O) groups is 1. The van der Waals surface area contributed by atoms with E-state index >= 15 is 0 Å². The monoisotopic (exact) mass is 238 g/mol. The molecule has 0 atom stereocenters. The topological polar surface area (TPSA) is 17.1 Å². The maximum absolute atomic E-state index is 12.8. The summed E-state index contributed by atoms with van der Waals surface area (Å²) in [7, 11) is 0. The second-order valence-electron chi connectivity index (χ2n) is 3.77. The highest BCUT2D eigenvalue weighted by Crippen LogP contribution is 2.37. The Kier molecular flexibility index (Phi) is 2.88. The predicted octanol–water partition coefficient (Wildman–Crippen LogP) is 3.62. The van der Waals surface area contributed by atoms with Gasteiger partial charge >= 0.3 is 6.18 Å². The molecule has 0 bridgehead atoms. The van der Waals surface area contributed by atoms with E-state index in [1.54, 1.807) is 18.2 Å². The van der Waals surface area contributed by atoms with Crippen molar-refractivity contribution in [2.24, 2.45) is 0 Å². The molecule has 1 aliphatic carbocycles. The van der Waals surface area contributed by atoms with Crippen LogP contribution in [0.25, 0.3) is 5.57 Å². The lowest BCUT2D eigenvalue weighted by atomic mass is 9.97. The van der Waals surface area contributed by atoms with Crippen LogP contribution in [0.4, 0.5) is 13.2 Å². The van der Waals surface area contributed by atoms with E-state index in [1.165, 1.54) is 12.1 Å². The van der Waals surface area contributed by atoms with E-state index in [-0.39, 0.29) is 12.0 Å². The molecular formula is C13H9F3O. The number of hydrogen-bond acceptors (Lipinski definition) is 1. The standard InChI is InChI=1S/C13H9F3O/c14-13(15,16)12-4-2-1-3-11(12)10-6-5-9(7-10)8-17/h1-6,8H,7H2. The Morgan fingerprint density at radius 2 is 1.82 bits per heavy atom. The van der Waals surface area contributed by atoms with E-state index in [0.717, 1.165) is 6.07 Å². The van der Waals surface area contributed by atoms with Crippen molar-refractivity contribution in [1.29, 1.82) is 0 Å². The van der Waals surface area contributed by atoms with E-state index in [1.807, 2.05) is 0 Å². The van der Waals surface area contributed by atoms with E-state index < -0.39 is 11.7 Å². The summed E-state index contributed by atoms with van der Waals surface area (Å²) in [6.45, 7) is 0. The molecule has 17 heavy (non-hydrogen) atoms. The van der Waals surface area contributed by atoms with Crippen LogP contribution in [0.1, 0.15) is 17.5 Å². The first-order valence-corrected chi connectivity index (χ1v) is 5.04. The number of allylic oxidation sites excluding steroid dienone is 4. The van der Waals surface area contributed by atoms with E-state index in [0.29, 0.717) is 17.4 Å². The van der Waals surface area contributed by atoms with Crippen LogP contribution < -0.4 is 0 Å². The second-order valence-corrected chi connectivity index (χ2v) is 3.77. The van der Waals surface area contributed by atoms with E-state index in [9.17, 15) is 18.0 Å². The van der Waals surface area contributed by atoms with Gasteiger partial charge in [-0.15, -0.1) is 0 Å². The highest BCUT2D eigenvalue weighted by atomic mass is 19.4. The molecule has 0 amide bonds. The minimum absolute atomic E-state index is 0.146. The summed E-state index contributed by atoms with van der Waals surface area (Å²) in [4.78, 5) is 10.5. The Morgan fingerprint density at radius 3 is 2.41 bits per heavy atom. The third kappa shape index (κ3) is 2.30. The van der Waals surface area contributed by atoms with Gasteiger partial charge in [0.05, 0.1) is 5.56 Å². The van der Waals surface area contributed by atoms with Crippen molar-refractivity contribution in [2.75, 3.05) is 0 Å². The van der Waals surface area contributed by atoms with Crippen LogP contribution in [0.3, 0.4) is 0 Å². The molecule has 0 unspecified atom stereocenters. The molecule has 1 aliphatic rings. The zero-order valence-electron chi connectivity index (χ0n) is 8.79. The number of carbonyl (C=O) groups excluding carboxylic acids is 1. The zero-order chi connectivity index (χ0) is 12.5. The third-order valence-corrected chi connectivity index (χ3v) is 2.62. The van der Waals surface area contributed by atoms with Crippen LogP contribution in [0.5, 0.6) is 0 Å². The number of benzene rings is 1. The number of alkyl halides is 3. The summed E-state index contributed by atoms with van der Waals surface area (Å²) in [5.74, 6) is 0. The summed E-state index contributed by atoms with van der Waals surface area (Å²) in [6.07, 6.45) is -0.332. The summed E-state index contributed by atoms with van der Waals surface area (Å²) in [5.41, 5.74) is 0.511. The molecule has 2 rings (SSSR count). The SMILES string of the molecule is O=CC1=CC=C(c2ccccc2C(F)(F)F)C1. The van der Waals surface area contributed by atoms with Gasteiger partial charge in [0.25, 0.3) is 0 Å². The molecule has 4 heteroatoms. The fourth-order valence-electron chi connectivity index (χ4n) is 1.82. The normalized spacial score (nSPS) is 15.5. The van der Waals surface area contributed by atoms with Crippen LogP contribution in [-0.4, -0.2) is 6.29 Å². The van der Waals surface area contributed by atoms with Crippen molar-refractivity contribution < 1.29 is 18.0 Å². The molecular weight excluding hydrogens is 229 g/mol. The first kappa shape index (κ1) is 11.6. The molecule has 1 nitrogen and oxygen atoms in total. The summed E-state index contributed by atoms with van der Waals surface area (Å²) in [5, 5.41) is 0. The van der Waals surface area contributed by atoms with Gasteiger partial charge in [0.1, 0.15) is 6.29 Å². The van der Waals surface area contributed by atoms with Crippen LogP contribution in [-0.2, 0) is 11.0 Å². The van der Waals surface area contributed by atoms with E-state index in [4.69, 9.17) is 0 Å². The zero-order valence-corrected chi connectivity index (χ0v) is 8.79. The molecule has 0 radical (unpaired) electrons. The van der Waals surface area contributed by atoms with Crippen LogP contribution in [0.15, 0.2) is 42.0 Å². The van der Waals surface area contributed by atoms with Gasteiger partial charge in [-0.05, 0) is 22.8 Å². The van der Waals surface area contributed by atoms with Crippen LogP contribution in [0.2, 0.25) is 0 Å². The minimum atomic E-state index is -4.37. The largest absolute Gasteiger partial charge is 0.416 e. The molecule has 88 valence electrons. The van der Waals surface area contributed by atoms with Crippen LogP contribution in [0, 0.1) is 0 Å². The van der Waals surface area contributed by atoms with Gasteiger partial charge in [-0.25, -0.2) is 0 Å². The maximum Gasteiger partial charge on any atom is 0.416 e. The lowest BCUT2D eigenvalue weighted by molar-refractivity contribution is -0.137. The smallest absolute Gasteiger partial charge is 0.298 e. The van der Waals surface area contributed by atoms with Gasteiger partial charge in [-0.2, -0.15) is 13.2 Å². The van der Waals surface area contributed by atoms with Gasteiger partial charge in [-0.3, -0.25) is 4.79 Å². The average molecular weight is 238 g/mol. The summed E-state index contributed by atoms with van der Waals surface area (Å²) < 4.78 is 38.3. The van der Waals surface area contributed by atoms with Crippen molar-refractivity contribution in [3.8, 4) is 0 Å². The lowest BCUT2D eigenvalue weighted by Gasteiger charge is -2.13. The molecule has 1 aromatic carbocycles. The number of halogens is 3. The molecule has 0 saturated heterocycles. The van der Waals surface area contributed by atoms with Crippen molar-refractivity contribution in [2.45, 2.75) is 12.6 Å². The average Bonchev–Trinajstić information content (AvgIpc) is 2.76. The van der Waals surface area contributed by atoms with Crippen molar-refractivity contribution in [3.63, 3.8) is 0 Å². The van der Waals surface area contributed by atoms with Crippen molar-refractivity contribution in [3.05, 3.63) is 53.1 Å². The van der Waals surface area contributed by atoms with Gasteiger partial charge in [0, 0.05) is 6.42 Å². The first-order valence-electron chi connectivity index (χ1n) is 5.04. The molecule has 0 heterocycles. The molecule has 0 aliphatic heterocycles. The molecule has 1 aromatic rings. The second kappa shape index (κ2) is 4.20. The fraction of sp³-hybridized carbons (Fsp3) is 0.154. The van der Waals surface area contributed by atoms with Gasteiger partial charge in [-0.1, -0.05) is 30.4 Å². The van der Waals surface area contributed by atoms with Crippen molar-refractivity contribution >= 4 is 11.9 Å². The molecule has 0 spiro atoms. The van der Waals surface area contributed by atoms with Gasteiger partial charge < -0.3 is 0 Å². The minimum Gasteiger partial charge on any atom is -0.298 e. The highest BCUT2D eigenvalue weighted by Gasteiger charge is 2.33. The Labute approximate surface area is 96.3 Å². The number of hydrogen-bond donors (Lipinski definition) is 0. The van der Waals surface area contributed by atoms with Gasteiger partial charge in [0.15, 0.2) is 0 Å². The summed E-state index contributed by atoms with van der Waals surface area (Å²) in [6, 6.07) is 5.39. The van der Waals surface area contributed by atoms with E-state index in [2.05, 4.69) is 0 Å². The van der Waals surface area contributed by atoms with Gasteiger partial charge in [0.2, 0.25) is 0 Å².